The molecule has 0 radical (unpaired) electrons. The van der Waals surface area contributed by atoms with Crippen molar-refractivity contribution in [3.8, 4) is 17.2 Å². The van der Waals surface area contributed by atoms with E-state index in [-0.39, 0.29) is 31.3 Å². The minimum absolute atomic E-state index is 0.0722. The number of aliphatic hydroxyl groups excluding tert-OH is 1. The summed E-state index contributed by atoms with van der Waals surface area (Å²) in [6.45, 7) is 1.20. The van der Waals surface area contributed by atoms with Crippen molar-refractivity contribution in [2.24, 2.45) is 0 Å². The van der Waals surface area contributed by atoms with Gasteiger partial charge in [0.2, 0.25) is 0 Å². The lowest BCUT2D eigenvalue weighted by molar-refractivity contribution is -0.139. The highest BCUT2D eigenvalue weighted by Gasteiger charge is 2.31. The molecule has 7 heteroatoms. The summed E-state index contributed by atoms with van der Waals surface area (Å²) < 4.78 is 28.5. The van der Waals surface area contributed by atoms with Crippen LogP contribution in [0, 0.1) is 0 Å². The number of ketones is 1. The highest BCUT2D eigenvalue weighted by atomic mass is 16.5. The third-order valence-corrected chi connectivity index (χ3v) is 5.92. The van der Waals surface area contributed by atoms with E-state index >= 15 is 0 Å². The molecule has 0 bridgehead atoms. The van der Waals surface area contributed by atoms with Crippen LogP contribution < -0.4 is 14.2 Å². The Bertz CT molecular complexity index is 919. The van der Waals surface area contributed by atoms with Gasteiger partial charge >= 0.3 is 0 Å². The van der Waals surface area contributed by atoms with Crippen LogP contribution in [0.1, 0.15) is 42.1 Å². The maximum absolute atomic E-state index is 12.2. The summed E-state index contributed by atoms with van der Waals surface area (Å²) in [4.78, 5) is 12.2. The fraction of sp³-hybridized carbons (Fsp3) is 0.480. The van der Waals surface area contributed by atoms with E-state index in [1.807, 2.05) is 36.4 Å². The molecule has 2 aliphatic heterocycles. The van der Waals surface area contributed by atoms with E-state index in [4.69, 9.17) is 23.7 Å². The maximum Gasteiger partial charge on any atom is 0.138 e. The van der Waals surface area contributed by atoms with Crippen molar-refractivity contribution < 1.29 is 33.6 Å². The molecule has 4 rings (SSSR count). The molecule has 7 nitrogen and oxygen atoms in total. The van der Waals surface area contributed by atoms with Crippen LogP contribution in [0.2, 0.25) is 0 Å². The second-order valence-electron chi connectivity index (χ2n) is 8.21. The Morgan fingerprint density at radius 3 is 2.50 bits per heavy atom. The van der Waals surface area contributed by atoms with E-state index in [0.29, 0.717) is 24.5 Å². The van der Waals surface area contributed by atoms with Gasteiger partial charge in [-0.15, -0.1) is 0 Å². The summed E-state index contributed by atoms with van der Waals surface area (Å²) in [5.74, 6) is 2.21. The molecule has 0 aromatic heterocycles. The Kier molecular flexibility index (Phi) is 7.29. The number of ether oxygens (including phenoxy) is 5. The Balaban J connectivity index is 1.56. The van der Waals surface area contributed by atoms with Gasteiger partial charge in [0.15, 0.2) is 0 Å². The van der Waals surface area contributed by atoms with Gasteiger partial charge in [0, 0.05) is 37.3 Å². The Labute approximate surface area is 188 Å². The second kappa shape index (κ2) is 10.3. The molecule has 32 heavy (non-hydrogen) atoms. The third-order valence-electron chi connectivity index (χ3n) is 5.92. The van der Waals surface area contributed by atoms with E-state index in [0.717, 1.165) is 35.5 Å². The number of carbonyl (C=O) groups excluding carboxylic acids is 1. The van der Waals surface area contributed by atoms with Crippen LogP contribution in [0.3, 0.4) is 0 Å². The fourth-order valence-corrected chi connectivity index (χ4v) is 4.25. The van der Waals surface area contributed by atoms with Gasteiger partial charge in [0.1, 0.15) is 29.1 Å². The summed E-state index contributed by atoms with van der Waals surface area (Å²) in [6, 6.07) is 11.8. The zero-order chi connectivity index (χ0) is 22.5. The van der Waals surface area contributed by atoms with Crippen LogP contribution in [0.4, 0.5) is 0 Å². The first-order valence-corrected chi connectivity index (χ1v) is 11.0. The summed E-state index contributed by atoms with van der Waals surface area (Å²) in [5.41, 5.74) is 2.85. The van der Waals surface area contributed by atoms with Crippen LogP contribution in [0.15, 0.2) is 36.4 Å². The highest BCUT2D eigenvalue weighted by Crippen LogP contribution is 2.39. The molecule has 2 saturated heterocycles. The van der Waals surface area contributed by atoms with Crippen molar-refractivity contribution in [1.82, 2.24) is 0 Å². The number of hydrogen-bond donors (Lipinski definition) is 1. The molecule has 2 aliphatic rings. The van der Waals surface area contributed by atoms with Gasteiger partial charge in [-0.1, -0.05) is 12.1 Å². The van der Waals surface area contributed by atoms with E-state index in [1.54, 1.807) is 14.2 Å². The van der Waals surface area contributed by atoms with E-state index in [2.05, 4.69) is 0 Å². The number of aliphatic hydroxyl groups is 1. The van der Waals surface area contributed by atoms with Gasteiger partial charge in [-0.3, -0.25) is 4.79 Å². The molecular formula is C25H30O7. The quantitative estimate of drug-likeness (QED) is 0.672. The van der Waals surface area contributed by atoms with Gasteiger partial charge in [0.05, 0.1) is 46.2 Å². The standard InChI is InChI=1S/C25H30O7/c1-28-23-13-24(29-2)22(25-12-18(27)11-21(14-26)32-25)10-17(23)9-16-3-5-19(6-4-16)31-20-7-8-30-15-20/h3-6,10,13,20-21,25-26H,7-9,11-12,14-15H2,1-2H3/t20-,21-,25+/m0/s1. The molecule has 1 N–H and O–H groups in total. The molecule has 2 aromatic carbocycles. The lowest BCUT2D eigenvalue weighted by Crippen LogP contribution is -2.31. The number of benzene rings is 2. The smallest absolute Gasteiger partial charge is 0.138 e. The summed E-state index contributed by atoms with van der Waals surface area (Å²) in [5, 5.41) is 9.50. The molecule has 0 aliphatic carbocycles. The molecule has 0 amide bonds. The molecule has 2 aromatic rings. The second-order valence-corrected chi connectivity index (χ2v) is 8.21. The van der Waals surface area contributed by atoms with Gasteiger partial charge in [-0.05, 0) is 29.3 Å². The number of Topliss-reactive ketones (excluding diaryl/α,β-unsaturated/α-hetero) is 1. The van der Waals surface area contributed by atoms with Crippen molar-refractivity contribution >= 4 is 5.78 Å². The van der Waals surface area contributed by atoms with E-state index < -0.39 is 12.2 Å². The van der Waals surface area contributed by atoms with Crippen molar-refractivity contribution in [3.05, 3.63) is 53.1 Å². The predicted octanol–water partition coefficient (Wildman–Crippen LogP) is 3.24. The highest BCUT2D eigenvalue weighted by molar-refractivity contribution is 5.80. The maximum atomic E-state index is 12.2. The topological polar surface area (TPSA) is 83.5 Å². The number of hydrogen-bond acceptors (Lipinski definition) is 7. The number of carbonyl (C=O) groups is 1. The van der Waals surface area contributed by atoms with Crippen LogP contribution in [0.25, 0.3) is 0 Å². The van der Waals surface area contributed by atoms with Gasteiger partial charge < -0.3 is 28.8 Å². The molecule has 2 fully saturated rings. The molecular weight excluding hydrogens is 412 g/mol. The van der Waals surface area contributed by atoms with Crippen LogP contribution in [-0.4, -0.2) is 57.1 Å². The molecule has 0 saturated carbocycles. The zero-order valence-electron chi connectivity index (χ0n) is 18.5. The first kappa shape index (κ1) is 22.6. The molecule has 2 heterocycles. The summed E-state index contributed by atoms with van der Waals surface area (Å²) >= 11 is 0. The predicted molar refractivity (Wildman–Crippen MR) is 118 cm³/mol. The monoisotopic (exact) mass is 442 g/mol. The normalized spacial score (nSPS) is 23.2. The van der Waals surface area contributed by atoms with Crippen molar-refractivity contribution in [2.45, 2.75) is 44.0 Å². The fourth-order valence-electron chi connectivity index (χ4n) is 4.25. The van der Waals surface area contributed by atoms with Crippen molar-refractivity contribution in [2.75, 3.05) is 34.0 Å². The number of methoxy groups -OCH3 is 2. The molecule has 0 spiro atoms. The first-order chi connectivity index (χ1) is 15.6. The SMILES string of the molecule is COc1cc(OC)c([C@H]2CC(=O)C[C@@H](CO)O2)cc1Cc1ccc(O[C@H]2CCOC2)cc1. The molecule has 3 atom stereocenters. The average molecular weight is 443 g/mol. The van der Waals surface area contributed by atoms with Gasteiger partial charge in [0.25, 0.3) is 0 Å². The van der Waals surface area contributed by atoms with Gasteiger partial charge in [-0.25, -0.2) is 0 Å². The Morgan fingerprint density at radius 2 is 1.84 bits per heavy atom. The van der Waals surface area contributed by atoms with Crippen LogP contribution >= 0.6 is 0 Å². The summed E-state index contributed by atoms with van der Waals surface area (Å²) in [6.07, 6.45) is 1.21. The lowest BCUT2D eigenvalue weighted by atomic mass is 9.93. The van der Waals surface area contributed by atoms with E-state index in [1.165, 1.54) is 0 Å². The van der Waals surface area contributed by atoms with Crippen LogP contribution in [0.5, 0.6) is 17.2 Å². The molecule has 172 valence electrons. The van der Waals surface area contributed by atoms with E-state index in [9.17, 15) is 9.90 Å². The average Bonchev–Trinajstić information content (AvgIpc) is 3.32. The zero-order valence-corrected chi connectivity index (χ0v) is 18.5. The lowest BCUT2D eigenvalue weighted by Gasteiger charge is -2.30. The Morgan fingerprint density at radius 1 is 1.06 bits per heavy atom. The third kappa shape index (κ3) is 5.23. The van der Waals surface area contributed by atoms with Crippen molar-refractivity contribution in [3.63, 3.8) is 0 Å². The first-order valence-electron chi connectivity index (χ1n) is 11.0. The van der Waals surface area contributed by atoms with Crippen LogP contribution in [-0.2, 0) is 20.7 Å². The molecule has 0 unspecified atom stereocenters. The minimum atomic E-state index is -0.491. The van der Waals surface area contributed by atoms with Gasteiger partial charge in [-0.2, -0.15) is 0 Å². The minimum Gasteiger partial charge on any atom is -0.496 e. The van der Waals surface area contributed by atoms with Crippen molar-refractivity contribution in [1.29, 1.82) is 0 Å². The Hall–Kier alpha value is -2.61. The summed E-state index contributed by atoms with van der Waals surface area (Å²) in [7, 11) is 3.21. The number of rotatable bonds is 8. The largest absolute Gasteiger partial charge is 0.496 e.